The molecule has 0 aliphatic carbocycles. The number of benzene rings is 1. The fourth-order valence-corrected chi connectivity index (χ4v) is 2.67. The van der Waals surface area contributed by atoms with Crippen LogP contribution in [-0.2, 0) is 6.54 Å². The average molecular weight is 465 g/mol. The van der Waals surface area contributed by atoms with Crippen molar-refractivity contribution in [3.05, 3.63) is 73.1 Å². The Labute approximate surface area is 182 Å². The Kier molecular flexibility index (Phi) is 6.69. The minimum absolute atomic E-state index is 0.0121. The van der Waals surface area contributed by atoms with Gasteiger partial charge >= 0.3 is 17.5 Å². The van der Waals surface area contributed by atoms with E-state index in [9.17, 15) is 29.8 Å². The van der Waals surface area contributed by atoms with Crippen LogP contribution in [0.2, 0.25) is 5.02 Å². The number of carbonyl (C=O) groups is 2. The van der Waals surface area contributed by atoms with Crippen LogP contribution in [0.4, 0.5) is 11.4 Å². The Bertz CT molecular complexity index is 1190. The molecule has 0 unspecified atom stereocenters. The van der Waals surface area contributed by atoms with Crippen LogP contribution in [0.1, 0.15) is 26.9 Å². The minimum atomic E-state index is -0.696. The van der Waals surface area contributed by atoms with Gasteiger partial charge < -0.3 is 15.2 Å². The van der Waals surface area contributed by atoms with E-state index in [4.69, 9.17) is 16.1 Å². The van der Waals surface area contributed by atoms with E-state index < -0.39 is 21.7 Å². The first kappa shape index (κ1) is 22.3. The molecule has 166 valence electrons. The molecular weight excluding hydrogens is 452 g/mol. The molecule has 0 fully saturated rings. The van der Waals surface area contributed by atoms with Gasteiger partial charge in [-0.05, 0) is 6.07 Å². The fraction of sp³-hybridized carbons (Fsp3) is 0.188. The topological polar surface area (TPSA) is 201 Å². The van der Waals surface area contributed by atoms with E-state index >= 15 is 0 Å². The molecule has 0 spiro atoms. The van der Waals surface area contributed by atoms with Gasteiger partial charge in [0.05, 0.1) is 20.4 Å². The third kappa shape index (κ3) is 5.39. The molecule has 32 heavy (non-hydrogen) atoms. The first-order valence-electron chi connectivity index (χ1n) is 8.74. The summed E-state index contributed by atoms with van der Waals surface area (Å²) in [5.74, 6) is -1.54. The molecule has 0 saturated carbocycles. The maximum absolute atomic E-state index is 12.1. The first-order valence-corrected chi connectivity index (χ1v) is 9.12. The number of rotatable bonds is 9. The van der Waals surface area contributed by atoms with Gasteiger partial charge in [-0.2, -0.15) is 10.1 Å². The molecule has 0 bridgehead atoms. The number of carbonyl (C=O) groups excluding carboxylic acids is 2. The Morgan fingerprint density at radius 2 is 1.78 bits per heavy atom. The SMILES string of the molecule is O=C(NCCNC(=O)c1ccc([N+](=O)[O-])cc1Cl)c1nc(Cn2cc([N+](=O)[O-])cn2)no1. The molecule has 2 aromatic heterocycles. The van der Waals surface area contributed by atoms with Crippen LogP contribution in [0.3, 0.4) is 0 Å². The van der Waals surface area contributed by atoms with Crippen LogP contribution in [0, 0.1) is 20.2 Å². The highest BCUT2D eigenvalue weighted by molar-refractivity contribution is 6.34. The summed E-state index contributed by atoms with van der Waals surface area (Å²) in [4.78, 5) is 48.2. The summed E-state index contributed by atoms with van der Waals surface area (Å²) < 4.78 is 6.05. The Morgan fingerprint density at radius 3 is 2.41 bits per heavy atom. The second kappa shape index (κ2) is 9.61. The van der Waals surface area contributed by atoms with Gasteiger partial charge in [-0.1, -0.05) is 16.8 Å². The second-order valence-electron chi connectivity index (χ2n) is 6.10. The highest BCUT2D eigenvalue weighted by Gasteiger charge is 2.17. The van der Waals surface area contributed by atoms with Crippen LogP contribution >= 0.6 is 11.6 Å². The van der Waals surface area contributed by atoms with E-state index in [0.717, 1.165) is 18.3 Å². The molecule has 0 saturated heterocycles. The molecule has 2 heterocycles. The molecule has 3 rings (SSSR count). The van der Waals surface area contributed by atoms with Crippen LogP contribution in [0.5, 0.6) is 0 Å². The first-order chi connectivity index (χ1) is 15.2. The maximum Gasteiger partial charge on any atom is 0.316 e. The van der Waals surface area contributed by atoms with Gasteiger partial charge in [0.15, 0.2) is 5.82 Å². The Balaban J connectivity index is 1.46. The molecule has 0 aliphatic rings. The summed E-state index contributed by atoms with van der Waals surface area (Å²) in [7, 11) is 0. The molecule has 0 aliphatic heterocycles. The van der Waals surface area contributed by atoms with E-state index in [1.807, 2.05) is 0 Å². The minimum Gasteiger partial charge on any atom is -0.350 e. The highest BCUT2D eigenvalue weighted by Crippen LogP contribution is 2.22. The van der Waals surface area contributed by atoms with Gasteiger partial charge in [0.1, 0.15) is 18.9 Å². The lowest BCUT2D eigenvalue weighted by atomic mass is 10.2. The molecular formula is C16H13ClN8O7. The van der Waals surface area contributed by atoms with Crippen molar-refractivity contribution in [2.75, 3.05) is 13.1 Å². The maximum atomic E-state index is 12.1. The smallest absolute Gasteiger partial charge is 0.316 e. The van der Waals surface area contributed by atoms with Crippen molar-refractivity contribution in [2.24, 2.45) is 0 Å². The van der Waals surface area contributed by atoms with Crippen molar-refractivity contribution in [3.63, 3.8) is 0 Å². The predicted octanol–water partition coefficient (Wildman–Crippen LogP) is 0.944. The number of nitro benzene ring substituents is 1. The van der Waals surface area contributed by atoms with E-state index in [1.54, 1.807) is 0 Å². The zero-order valence-corrected chi connectivity index (χ0v) is 16.7. The van der Waals surface area contributed by atoms with Gasteiger partial charge in [-0.25, -0.2) is 0 Å². The van der Waals surface area contributed by atoms with Crippen molar-refractivity contribution >= 4 is 34.8 Å². The molecule has 1 aromatic carbocycles. The third-order valence-electron chi connectivity index (χ3n) is 3.90. The van der Waals surface area contributed by atoms with Crippen molar-refractivity contribution < 1.29 is 24.0 Å². The lowest BCUT2D eigenvalue weighted by molar-refractivity contribution is -0.385. The fourth-order valence-electron chi connectivity index (χ4n) is 2.41. The highest BCUT2D eigenvalue weighted by atomic mass is 35.5. The van der Waals surface area contributed by atoms with Crippen molar-refractivity contribution in [3.8, 4) is 0 Å². The number of hydrogen-bond donors (Lipinski definition) is 2. The summed E-state index contributed by atoms with van der Waals surface area (Å²) in [6.45, 7) is -0.00918. The summed E-state index contributed by atoms with van der Waals surface area (Å²) in [6, 6.07) is 3.44. The van der Waals surface area contributed by atoms with Gasteiger partial charge in [-0.15, -0.1) is 0 Å². The van der Waals surface area contributed by atoms with Crippen molar-refractivity contribution in [1.29, 1.82) is 0 Å². The third-order valence-corrected chi connectivity index (χ3v) is 4.21. The van der Waals surface area contributed by atoms with E-state index in [0.29, 0.717) is 0 Å². The average Bonchev–Trinajstić information content (AvgIpc) is 3.41. The Morgan fingerprint density at radius 1 is 1.09 bits per heavy atom. The van der Waals surface area contributed by atoms with Crippen LogP contribution < -0.4 is 10.6 Å². The predicted molar refractivity (Wildman–Crippen MR) is 105 cm³/mol. The monoisotopic (exact) mass is 464 g/mol. The molecule has 0 atom stereocenters. The number of non-ortho nitro benzene ring substituents is 1. The number of hydrogen-bond acceptors (Lipinski definition) is 10. The quantitative estimate of drug-likeness (QED) is 0.260. The lowest BCUT2D eigenvalue weighted by Crippen LogP contribution is -2.35. The second-order valence-corrected chi connectivity index (χ2v) is 6.51. The normalized spacial score (nSPS) is 10.5. The largest absolute Gasteiger partial charge is 0.350 e. The van der Waals surface area contributed by atoms with Crippen molar-refractivity contribution in [1.82, 2.24) is 30.6 Å². The van der Waals surface area contributed by atoms with Gasteiger partial charge in [0.2, 0.25) is 0 Å². The summed E-state index contributed by atoms with van der Waals surface area (Å²) >= 11 is 5.89. The molecule has 16 heteroatoms. The number of amides is 2. The number of halogens is 1. The number of nitro groups is 2. The van der Waals surface area contributed by atoms with E-state index in [1.165, 1.54) is 16.9 Å². The lowest BCUT2D eigenvalue weighted by Gasteiger charge is -2.07. The Hall–Kier alpha value is -4.40. The summed E-state index contributed by atoms with van der Waals surface area (Å²) in [5, 5.41) is 33.6. The van der Waals surface area contributed by atoms with Crippen LogP contribution in [0.15, 0.2) is 35.1 Å². The zero-order valence-electron chi connectivity index (χ0n) is 15.9. The van der Waals surface area contributed by atoms with Crippen LogP contribution in [0.25, 0.3) is 0 Å². The van der Waals surface area contributed by atoms with E-state index in [-0.39, 0.29) is 53.3 Å². The number of aromatic nitrogens is 4. The summed E-state index contributed by atoms with van der Waals surface area (Å²) in [6.07, 6.45) is 2.24. The van der Waals surface area contributed by atoms with Gasteiger partial charge in [-0.3, -0.25) is 34.5 Å². The molecule has 2 N–H and O–H groups in total. The van der Waals surface area contributed by atoms with E-state index in [2.05, 4.69) is 25.9 Å². The van der Waals surface area contributed by atoms with Crippen LogP contribution in [-0.4, -0.2) is 54.7 Å². The van der Waals surface area contributed by atoms with Gasteiger partial charge in [0, 0.05) is 25.2 Å². The summed E-state index contributed by atoms with van der Waals surface area (Å²) in [5.41, 5.74) is -0.406. The standard InChI is InChI=1S/C16H13ClN8O7/c17-12-5-9(24(28)29)1-2-11(12)14(26)18-3-4-19-15(27)16-21-13(22-32-16)8-23-7-10(6-20-23)25(30)31/h1-2,5-7H,3-4,8H2,(H,18,26)(H,19,27). The zero-order chi connectivity index (χ0) is 23.3. The number of nitrogens with zero attached hydrogens (tertiary/aromatic N) is 6. The van der Waals surface area contributed by atoms with Crippen molar-refractivity contribution in [2.45, 2.75) is 6.54 Å². The molecule has 2 amide bonds. The molecule has 3 aromatic rings. The molecule has 0 radical (unpaired) electrons. The van der Waals surface area contributed by atoms with Gasteiger partial charge in [0.25, 0.3) is 11.6 Å². The molecule has 15 nitrogen and oxygen atoms in total. The number of nitrogens with one attached hydrogen (secondary N) is 2.